The quantitative estimate of drug-likeness (QED) is 0.831. The summed E-state index contributed by atoms with van der Waals surface area (Å²) in [5.41, 5.74) is 1.83. The topological polar surface area (TPSA) is 68.8 Å². The van der Waals surface area contributed by atoms with E-state index in [0.29, 0.717) is 24.7 Å². The van der Waals surface area contributed by atoms with Crippen LogP contribution in [-0.4, -0.2) is 26.5 Å². The minimum atomic E-state index is 0.646. The van der Waals surface area contributed by atoms with Crippen molar-refractivity contribution in [3.05, 3.63) is 28.1 Å². The van der Waals surface area contributed by atoms with Gasteiger partial charge in [0, 0.05) is 26.6 Å². The van der Waals surface area contributed by atoms with Crippen LogP contribution < -0.4 is 5.32 Å². The van der Waals surface area contributed by atoms with E-state index in [1.165, 1.54) is 0 Å². The highest BCUT2D eigenvalue weighted by Gasteiger charge is 2.10. The molecule has 2 aromatic rings. The molecule has 7 heteroatoms. The van der Waals surface area contributed by atoms with Crippen molar-refractivity contribution in [1.29, 1.82) is 0 Å². The van der Waals surface area contributed by atoms with Gasteiger partial charge in [-0.15, -0.1) is 0 Å². The highest BCUT2D eigenvalue weighted by molar-refractivity contribution is 6.31. The van der Waals surface area contributed by atoms with E-state index in [1.54, 1.807) is 11.6 Å². The Kier molecular flexibility index (Phi) is 3.98. The first-order valence-electron chi connectivity index (χ1n) is 5.76. The molecule has 0 aliphatic heterocycles. The maximum absolute atomic E-state index is 6.15. The number of rotatable bonds is 5. The third-order valence-electron chi connectivity index (χ3n) is 2.64. The third kappa shape index (κ3) is 2.88. The van der Waals surface area contributed by atoms with E-state index < -0.39 is 0 Å². The van der Waals surface area contributed by atoms with Crippen LogP contribution >= 0.6 is 11.6 Å². The van der Waals surface area contributed by atoms with Crippen LogP contribution in [0.5, 0.6) is 0 Å². The lowest BCUT2D eigenvalue weighted by molar-refractivity contribution is 0.372. The largest absolute Gasteiger partial charge is 0.339 e. The van der Waals surface area contributed by atoms with Crippen LogP contribution in [0, 0.1) is 13.8 Å². The second kappa shape index (κ2) is 5.49. The van der Waals surface area contributed by atoms with E-state index in [9.17, 15) is 0 Å². The van der Waals surface area contributed by atoms with Crippen molar-refractivity contribution >= 4 is 11.6 Å². The van der Waals surface area contributed by atoms with E-state index in [4.69, 9.17) is 16.1 Å². The van der Waals surface area contributed by atoms with Crippen LogP contribution in [0.3, 0.4) is 0 Å². The first kappa shape index (κ1) is 13.0. The average Bonchev–Trinajstić information content (AvgIpc) is 2.82. The van der Waals surface area contributed by atoms with Crippen molar-refractivity contribution in [2.45, 2.75) is 26.8 Å². The Bertz CT molecular complexity index is 534. The van der Waals surface area contributed by atoms with Gasteiger partial charge in [0.2, 0.25) is 5.89 Å². The van der Waals surface area contributed by atoms with Gasteiger partial charge in [0.1, 0.15) is 0 Å². The van der Waals surface area contributed by atoms with Crippen LogP contribution in [0.4, 0.5) is 0 Å². The van der Waals surface area contributed by atoms with Crippen molar-refractivity contribution in [2.75, 3.05) is 6.54 Å². The number of nitrogens with zero attached hydrogens (tertiary/aromatic N) is 4. The molecule has 98 valence electrons. The maximum Gasteiger partial charge on any atom is 0.227 e. The molecule has 0 aromatic carbocycles. The summed E-state index contributed by atoms with van der Waals surface area (Å²) in [7, 11) is 1.89. The highest BCUT2D eigenvalue weighted by atomic mass is 35.5. The van der Waals surface area contributed by atoms with Crippen molar-refractivity contribution in [3.63, 3.8) is 0 Å². The van der Waals surface area contributed by atoms with E-state index in [2.05, 4.69) is 20.6 Å². The molecule has 0 atom stereocenters. The van der Waals surface area contributed by atoms with Crippen molar-refractivity contribution in [2.24, 2.45) is 7.05 Å². The van der Waals surface area contributed by atoms with Gasteiger partial charge in [-0.1, -0.05) is 16.8 Å². The number of halogens is 1. The Morgan fingerprint density at radius 2 is 2.17 bits per heavy atom. The van der Waals surface area contributed by atoms with Gasteiger partial charge in [0.05, 0.1) is 16.4 Å². The molecule has 18 heavy (non-hydrogen) atoms. The molecule has 2 heterocycles. The van der Waals surface area contributed by atoms with Gasteiger partial charge in [-0.25, -0.2) is 0 Å². The molecular formula is C11H16ClN5O. The Hall–Kier alpha value is -1.40. The molecule has 0 amide bonds. The summed E-state index contributed by atoms with van der Waals surface area (Å²) in [6.45, 7) is 5.12. The fourth-order valence-electron chi connectivity index (χ4n) is 1.72. The zero-order valence-corrected chi connectivity index (χ0v) is 11.5. The predicted molar refractivity (Wildman–Crippen MR) is 67.4 cm³/mol. The van der Waals surface area contributed by atoms with Crippen molar-refractivity contribution in [1.82, 2.24) is 25.2 Å². The first-order chi connectivity index (χ1) is 8.58. The van der Waals surface area contributed by atoms with Gasteiger partial charge in [-0.3, -0.25) is 4.68 Å². The van der Waals surface area contributed by atoms with Crippen LogP contribution in [0.15, 0.2) is 4.52 Å². The number of hydrogen-bond donors (Lipinski definition) is 1. The molecule has 0 aliphatic rings. The van der Waals surface area contributed by atoms with Crippen LogP contribution in [0.25, 0.3) is 0 Å². The monoisotopic (exact) mass is 269 g/mol. The van der Waals surface area contributed by atoms with Gasteiger partial charge >= 0.3 is 0 Å². The molecule has 0 aliphatic carbocycles. The summed E-state index contributed by atoms with van der Waals surface area (Å²) >= 11 is 6.15. The second-order valence-electron chi connectivity index (χ2n) is 4.13. The summed E-state index contributed by atoms with van der Waals surface area (Å²) in [6, 6.07) is 0. The molecule has 0 unspecified atom stereocenters. The molecule has 2 rings (SSSR count). The van der Waals surface area contributed by atoms with Gasteiger partial charge in [0.15, 0.2) is 5.82 Å². The van der Waals surface area contributed by atoms with Crippen LogP contribution in [0.1, 0.15) is 23.1 Å². The normalized spacial score (nSPS) is 11.1. The second-order valence-corrected chi connectivity index (χ2v) is 4.51. The standard InChI is InChI=1S/C11H16ClN5O/c1-7-11(12)9(17(3)15-7)6-13-5-4-10-14-8(2)16-18-10/h13H,4-6H2,1-3H3. The van der Waals surface area contributed by atoms with Crippen molar-refractivity contribution < 1.29 is 4.52 Å². The Balaban J connectivity index is 1.82. The van der Waals surface area contributed by atoms with Crippen LogP contribution in [-0.2, 0) is 20.0 Å². The summed E-state index contributed by atoms with van der Waals surface area (Å²) < 4.78 is 6.82. The lowest BCUT2D eigenvalue weighted by Crippen LogP contribution is -2.19. The molecule has 0 saturated carbocycles. The molecule has 0 spiro atoms. The summed E-state index contributed by atoms with van der Waals surface area (Å²) in [5, 5.41) is 12.0. The number of nitrogens with one attached hydrogen (secondary N) is 1. The van der Waals surface area contributed by atoms with E-state index >= 15 is 0 Å². The lowest BCUT2D eigenvalue weighted by atomic mass is 10.3. The lowest BCUT2D eigenvalue weighted by Gasteiger charge is -2.04. The van der Waals surface area contributed by atoms with Crippen LogP contribution in [0.2, 0.25) is 5.02 Å². The third-order valence-corrected chi connectivity index (χ3v) is 3.13. The Morgan fingerprint density at radius 1 is 1.39 bits per heavy atom. The fraction of sp³-hybridized carbons (Fsp3) is 0.545. The molecule has 6 nitrogen and oxygen atoms in total. The average molecular weight is 270 g/mol. The SMILES string of the molecule is Cc1noc(CCNCc2c(Cl)c(C)nn2C)n1. The number of aryl methyl sites for hydroxylation is 3. The molecule has 1 N–H and O–H groups in total. The molecule has 0 saturated heterocycles. The molecule has 0 bridgehead atoms. The number of aromatic nitrogens is 4. The zero-order valence-electron chi connectivity index (χ0n) is 10.7. The van der Waals surface area contributed by atoms with E-state index in [1.807, 2.05) is 14.0 Å². The molecule has 0 radical (unpaired) electrons. The highest BCUT2D eigenvalue weighted by Crippen LogP contribution is 2.18. The summed E-state index contributed by atoms with van der Waals surface area (Å²) in [6.07, 6.45) is 0.704. The van der Waals surface area contributed by atoms with E-state index in [0.717, 1.165) is 23.0 Å². The van der Waals surface area contributed by atoms with Gasteiger partial charge in [-0.05, 0) is 13.8 Å². The molecule has 2 aromatic heterocycles. The predicted octanol–water partition coefficient (Wildman–Crippen LogP) is 1.41. The Morgan fingerprint density at radius 3 is 2.72 bits per heavy atom. The van der Waals surface area contributed by atoms with Crippen molar-refractivity contribution in [3.8, 4) is 0 Å². The Labute approximate surface area is 110 Å². The maximum atomic E-state index is 6.15. The first-order valence-corrected chi connectivity index (χ1v) is 6.13. The molecule has 0 fully saturated rings. The van der Waals surface area contributed by atoms with Gasteiger partial charge < -0.3 is 9.84 Å². The van der Waals surface area contributed by atoms with Gasteiger partial charge in [0.25, 0.3) is 0 Å². The molecular weight excluding hydrogens is 254 g/mol. The van der Waals surface area contributed by atoms with Gasteiger partial charge in [-0.2, -0.15) is 10.1 Å². The minimum Gasteiger partial charge on any atom is -0.339 e. The smallest absolute Gasteiger partial charge is 0.227 e. The fourth-order valence-corrected chi connectivity index (χ4v) is 1.94. The summed E-state index contributed by atoms with van der Waals surface area (Å²) in [5.74, 6) is 1.31. The zero-order chi connectivity index (χ0) is 13.1. The number of hydrogen-bond acceptors (Lipinski definition) is 5. The van der Waals surface area contributed by atoms with E-state index in [-0.39, 0.29) is 0 Å². The summed E-state index contributed by atoms with van der Waals surface area (Å²) in [4.78, 5) is 4.13. The minimum absolute atomic E-state index is 0.646.